The minimum Gasteiger partial charge on any atom is -0.481 e. The maximum atomic E-state index is 13.6. The summed E-state index contributed by atoms with van der Waals surface area (Å²) in [5.41, 5.74) is 2.38. The van der Waals surface area contributed by atoms with Crippen molar-refractivity contribution in [3.05, 3.63) is 65.9 Å². The first kappa shape index (κ1) is 24.9. The zero-order chi connectivity index (χ0) is 24.7. The highest BCUT2D eigenvalue weighted by Crippen LogP contribution is 2.31. The average molecular weight is 468 g/mol. The van der Waals surface area contributed by atoms with E-state index in [4.69, 9.17) is 5.11 Å². The third-order valence-electron chi connectivity index (χ3n) is 4.84. The fourth-order valence-electron chi connectivity index (χ4n) is 3.29. The number of aliphatic hydroxyl groups excluding tert-OH is 2. The van der Waals surface area contributed by atoms with Gasteiger partial charge in [0.05, 0.1) is 30.0 Å². The predicted molar refractivity (Wildman–Crippen MR) is 125 cm³/mol. The van der Waals surface area contributed by atoms with Crippen LogP contribution in [0.4, 0.5) is 16.3 Å². The molecule has 0 saturated carbocycles. The van der Waals surface area contributed by atoms with Gasteiger partial charge in [0.2, 0.25) is 11.9 Å². The van der Waals surface area contributed by atoms with Gasteiger partial charge in [-0.05, 0) is 36.2 Å². The Labute approximate surface area is 196 Å². The Balaban J connectivity index is 2.03. The lowest BCUT2D eigenvalue weighted by Crippen LogP contribution is -2.19. The number of aliphatic carboxylic acids is 1. The molecule has 34 heavy (non-hydrogen) atoms. The number of carboxylic acids is 1. The Kier molecular flexibility index (Phi) is 8.34. The van der Waals surface area contributed by atoms with Gasteiger partial charge in [0.25, 0.3) is 0 Å². The normalized spacial score (nSPS) is 13.2. The van der Waals surface area contributed by atoms with Crippen LogP contribution in [0.5, 0.6) is 0 Å². The molecule has 178 valence electrons. The number of nitrogens with one attached hydrogen (secondary N) is 1. The zero-order valence-electron chi connectivity index (χ0n) is 18.8. The van der Waals surface area contributed by atoms with Gasteiger partial charge in [-0.3, -0.25) is 10.1 Å². The summed E-state index contributed by atoms with van der Waals surface area (Å²) in [5.74, 6) is -1.02. The van der Waals surface area contributed by atoms with Crippen LogP contribution in [-0.4, -0.2) is 53.4 Å². The monoisotopic (exact) mass is 467 g/mol. The molecule has 0 aliphatic rings. The highest BCUT2D eigenvalue weighted by Gasteiger charge is 2.19. The Morgan fingerprint density at radius 1 is 1.09 bits per heavy atom. The lowest BCUT2D eigenvalue weighted by molar-refractivity contribution is -0.139. The molecule has 2 aromatic heterocycles. The van der Waals surface area contributed by atoms with Gasteiger partial charge >= 0.3 is 5.97 Å². The van der Waals surface area contributed by atoms with Gasteiger partial charge in [-0.2, -0.15) is 0 Å². The second kappa shape index (κ2) is 11.4. The van der Waals surface area contributed by atoms with Crippen molar-refractivity contribution in [2.24, 2.45) is 0 Å². The summed E-state index contributed by atoms with van der Waals surface area (Å²) in [6.45, 7) is 3.90. The third-order valence-corrected chi connectivity index (χ3v) is 4.84. The summed E-state index contributed by atoms with van der Waals surface area (Å²) in [5, 5.41) is 31.9. The number of carbonyl (C=O) groups is 1. The van der Waals surface area contributed by atoms with E-state index in [1.54, 1.807) is 36.7 Å². The maximum absolute atomic E-state index is 13.6. The SMILES string of the molecule is CC(C)c1nc(Nc2ncccn2)nc(-c2ccc(F)cc2)c1/C=C/[C@@H](O)C[C@@H](O)CC(=O)O. The van der Waals surface area contributed by atoms with E-state index in [9.17, 15) is 19.4 Å². The highest BCUT2D eigenvalue weighted by atomic mass is 19.1. The molecule has 0 aliphatic carbocycles. The molecule has 0 spiro atoms. The molecular weight excluding hydrogens is 441 g/mol. The number of rotatable bonds is 10. The molecule has 4 N–H and O–H groups in total. The van der Waals surface area contributed by atoms with Crippen LogP contribution < -0.4 is 5.32 Å². The van der Waals surface area contributed by atoms with Gasteiger partial charge in [-0.15, -0.1) is 0 Å². The second-order valence-electron chi connectivity index (χ2n) is 7.97. The summed E-state index contributed by atoms with van der Waals surface area (Å²) in [6, 6.07) is 7.51. The Hall–Kier alpha value is -3.76. The molecular formula is C24H26FN5O4. The van der Waals surface area contributed by atoms with Gasteiger partial charge < -0.3 is 15.3 Å². The van der Waals surface area contributed by atoms with E-state index in [1.165, 1.54) is 18.2 Å². The summed E-state index contributed by atoms with van der Waals surface area (Å²) < 4.78 is 13.6. The molecule has 0 radical (unpaired) electrons. The number of nitrogens with zero attached hydrogens (tertiary/aromatic N) is 4. The van der Waals surface area contributed by atoms with E-state index in [2.05, 4.69) is 25.3 Å². The number of hydrogen-bond donors (Lipinski definition) is 4. The summed E-state index contributed by atoms with van der Waals surface area (Å²) in [4.78, 5) is 28.2. The highest BCUT2D eigenvalue weighted by molar-refractivity contribution is 5.75. The number of aliphatic hydroxyl groups is 2. The molecule has 2 heterocycles. The largest absolute Gasteiger partial charge is 0.481 e. The zero-order valence-corrected chi connectivity index (χ0v) is 18.8. The van der Waals surface area contributed by atoms with Crippen molar-refractivity contribution in [2.75, 3.05) is 5.32 Å². The van der Waals surface area contributed by atoms with Crippen molar-refractivity contribution in [3.63, 3.8) is 0 Å². The van der Waals surface area contributed by atoms with Crippen LogP contribution in [0.15, 0.2) is 48.8 Å². The van der Waals surface area contributed by atoms with E-state index in [1.807, 2.05) is 13.8 Å². The van der Waals surface area contributed by atoms with Crippen molar-refractivity contribution >= 4 is 23.9 Å². The van der Waals surface area contributed by atoms with Crippen LogP contribution in [-0.2, 0) is 4.79 Å². The van der Waals surface area contributed by atoms with Gasteiger partial charge in [-0.25, -0.2) is 24.3 Å². The smallest absolute Gasteiger partial charge is 0.305 e. The maximum Gasteiger partial charge on any atom is 0.305 e. The molecule has 0 aliphatic heterocycles. The van der Waals surface area contributed by atoms with Crippen LogP contribution in [0.1, 0.15) is 43.9 Å². The van der Waals surface area contributed by atoms with Crippen molar-refractivity contribution in [1.82, 2.24) is 19.9 Å². The molecule has 0 amide bonds. The molecule has 1 aromatic carbocycles. The number of hydrogen-bond acceptors (Lipinski definition) is 8. The van der Waals surface area contributed by atoms with Crippen molar-refractivity contribution in [1.29, 1.82) is 0 Å². The summed E-state index contributed by atoms with van der Waals surface area (Å²) in [7, 11) is 0. The lowest BCUT2D eigenvalue weighted by Gasteiger charge is -2.17. The fourth-order valence-corrected chi connectivity index (χ4v) is 3.29. The Bertz CT molecular complexity index is 1140. The van der Waals surface area contributed by atoms with Crippen molar-refractivity contribution in [3.8, 4) is 11.3 Å². The lowest BCUT2D eigenvalue weighted by atomic mass is 9.97. The van der Waals surface area contributed by atoms with Crippen molar-refractivity contribution < 1.29 is 24.5 Å². The van der Waals surface area contributed by atoms with E-state index >= 15 is 0 Å². The van der Waals surface area contributed by atoms with Crippen LogP contribution in [0, 0.1) is 5.82 Å². The quantitative estimate of drug-likeness (QED) is 0.352. The minimum atomic E-state index is -1.19. The molecule has 3 rings (SSSR count). The number of aromatic nitrogens is 4. The van der Waals surface area contributed by atoms with Gasteiger partial charge in [-0.1, -0.05) is 26.0 Å². The molecule has 0 unspecified atom stereocenters. The summed E-state index contributed by atoms with van der Waals surface area (Å²) >= 11 is 0. The van der Waals surface area contributed by atoms with E-state index in [0.29, 0.717) is 28.5 Å². The first-order chi connectivity index (χ1) is 16.2. The van der Waals surface area contributed by atoms with Crippen LogP contribution >= 0.6 is 0 Å². The number of halogens is 1. The van der Waals surface area contributed by atoms with E-state index < -0.39 is 30.4 Å². The predicted octanol–water partition coefficient (Wildman–Crippen LogP) is 3.54. The molecule has 9 nitrogen and oxygen atoms in total. The topological polar surface area (TPSA) is 141 Å². The molecule has 3 aromatic rings. The average Bonchev–Trinajstić information content (AvgIpc) is 2.78. The molecule has 10 heteroatoms. The van der Waals surface area contributed by atoms with Gasteiger partial charge in [0.15, 0.2) is 0 Å². The van der Waals surface area contributed by atoms with Crippen LogP contribution in [0.25, 0.3) is 17.3 Å². The molecule has 0 saturated heterocycles. The Morgan fingerprint density at radius 3 is 2.38 bits per heavy atom. The molecule has 0 fully saturated rings. The fraction of sp³-hybridized carbons (Fsp3) is 0.292. The van der Waals surface area contributed by atoms with Gasteiger partial charge in [0, 0.05) is 29.9 Å². The first-order valence-corrected chi connectivity index (χ1v) is 10.7. The second-order valence-corrected chi connectivity index (χ2v) is 7.97. The van der Waals surface area contributed by atoms with E-state index in [-0.39, 0.29) is 18.3 Å². The van der Waals surface area contributed by atoms with Crippen molar-refractivity contribution in [2.45, 2.75) is 44.8 Å². The third kappa shape index (κ3) is 6.87. The number of anilines is 2. The minimum absolute atomic E-state index is 0.0474. The molecule has 0 bridgehead atoms. The number of carboxylic acid groups (broad SMARTS) is 1. The Morgan fingerprint density at radius 2 is 1.76 bits per heavy atom. The van der Waals surface area contributed by atoms with Crippen LogP contribution in [0.2, 0.25) is 0 Å². The van der Waals surface area contributed by atoms with Gasteiger partial charge in [0.1, 0.15) is 5.82 Å². The summed E-state index contributed by atoms with van der Waals surface area (Å²) in [6.07, 6.45) is 3.36. The van der Waals surface area contributed by atoms with E-state index in [0.717, 1.165) is 0 Å². The molecule has 2 atom stereocenters. The first-order valence-electron chi connectivity index (χ1n) is 10.7. The standard InChI is InChI=1S/C24H26FN5O4/c1-14(2)21-19(9-8-17(31)12-18(32)13-20(33)34)22(15-4-6-16(25)7-5-15)29-24(28-21)30-23-26-10-3-11-27-23/h3-11,14,17-18,31-32H,12-13H2,1-2H3,(H,33,34)(H,26,27,28,29,30)/b9-8+/t17-,18-/m1/s1. The van der Waals surface area contributed by atoms with Crippen LogP contribution in [0.3, 0.4) is 0 Å². The number of benzene rings is 1.